The molecule has 8 heteroatoms. The number of hydrogen-bond acceptors (Lipinski definition) is 6. The number of amides is 1. The van der Waals surface area contributed by atoms with Crippen LogP contribution in [-0.4, -0.2) is 16.7 Å². The van der Waals surface area contributed by atoms with Crippen LogP contribution in [0.25, 0.3) is 11.0 Å². The molecule has 0 fully saturated rings. The van der Waals surface area contributed by atoms with Crippen molar-refractivity contribution in [2.45, 2.75) is 33.7 Å². The van der Waals surface area contributed by atoms with Crippen LogP contribution >= 0.6 is 27.3 Å². The SMILES string of the molecule is CC(=O)c1sc(N2C(=O)c3oc4cc(C)c(C)cc4c(=O)c3C2c2cccc(Br)c2)nc1C. The molecule has 0 radical (unpaired) electrons. The number of carbonyl (C=O) groups excluding carboxylic acids is 2. The van der Waals surface area contributed by atoms with E-state index in [9.17, 15) is 14.4 Å². The third-order valence-electron chi connectivity index (χ3n) is 5.96. The van der Waals surface area contributed by atoms with Gasteiger partial charge >= 0.3 is 0 Å². The summed E-state index contributed by atoms with van der Waals surface area (Å²) in [5, 5.41) is 0.793. The first-order valence-corrected chi connectivity index (χ1v) is 11.9. The van der Waals surface area contributed by atoms with Crippen LogP contribution in [0.3, 0.4) is 0 Å². The van der Waals surface area contributed by atoms with Gasteiger partial charge in [-0.05, 0) is 61.7 Å². The zero-order chi connectivity index (χ0) is 23.6. The summed E-state index contributed by atoms with van der Waals surface area (Å²) in [6.07, 6.45) is 0. The summed E-state index contributed by atoms with van der Waals surface area (Å²) >= 11 is 4.63. The van der Waals surface area contributed by atoms with Crippen LogP contribution in [-0.2, 0) is 0 Å². The third kappa shape index (κ3) is 3.36. The van der Waals surface area contributed by atoms with E-state index < -0.39 is 11.9 Å². The highest BCUT2D eigenvalue weighted by molar-refractivity contribution is 9.10. The van der Waals surface area contributed by atoms with Crippen molar-refractivity contribution in [2.75, 3.05) is 4.90 Å². The summed E-state index contributed by atoms with van der Waals surface area (Å²) in [4.78, 5) is 45.9. The minimum absolute atomic E-state index is 0.0120. The fraction of sp³-hybridized carbons (Fsp3) is 0.200. The molecule has 0 spiro atoms. The number of aromatic nitrogens is 1. The van der Waals surface area contributed by atoms with E-state index in [1.165, 1.54) is 11.8 Å². The second-order valence-electron chi connectivity index (χ2n) is 8.21. The summed E-state index contributed by atoms with van der Waals surface area (Å²) < 4.78 is 6.88. The van der Waals surface area contributed by atoms with Crippen LogP contribution in [0.1, 0.15) is 61.1 Å². The van der Waals surface area contributed by atoms with Crippen molar-refractivity contribution in [1.29, 1.82) is 0 Å². The normalized spacial score (nSPS) is 15.4. The maximum absolute atomic E-state index is 13.7. The number of aryl methyl sites for hydroxylation is 3. The Bertz CT molecular complexity index is 1550. The second-order valence-corrected chi connectivity index (χ2v) is 10.1. The van der Waals surface area contributed by atoms with E-state index in [0.29, 0.717) is 26.7 Å². The molecular formula is C25H19BrN2O4S. The van der Waals surface area contributed by atoms with E-state index in [1.54, 1.807) is 13.0 Å². The first-order chi connectivity index (χ1) is 15.7. The second kappa shape index (κ2) is 7.74. The molecule has 1 amide bonds. The Morgan fingerprint density at radius 2 is 1.85 bits per heavy atom. The standard InChI is InChI=1S/C25H19BrN2O4S/c1-11-8-17-18(9-12(11)2)32-22-19(21(17)30)20(15-6-5-7-16(26)10-15)28(24(22)31)25-27-13(3)23(33-25)14(4)29/h5-10,20H,1-4H3. The molecule has 0 bridgehead atoms. The van der Waals surface area contributed by atoms with Crippen LogP contribution in [0, 0.1) is 20.8 Å². The number of Topliss-reactive ketones (excluding diaryl/α,β-unsaturated/α-hetero) is 1. The summed E-state index contributed by atoms with van der Waals surface area (Å²) in [5.41, 5.74) is 3.65. The molecule has 1 aliphatic rings. The van der Waals surface area contributed by atoms with Gasteiger partial charge in [-0.1, -0.05) is 39.4 Å². The van der Waals surface area contributed by atoms with E-state index in [0.717, 1.165) is 32.5 Å². The average molecular weight is 523 g/mol. The highest BCUT2D eigenvalue weighted by Gasteiger charge is 2.45. The lowest BCUT2D eigenvalue weighted by atomic mass is 9.98. The number of halogens is 1. The molecule has 2 aromatic carbocycles. The lowest BCUT2D eigenvalue weighted by Gasteiger charge is -2.22. The number of carbonyl (C=O) groups is 2. The topological polar surface area (TPSA) is 80.5 Å². The Labute approximate surface area is 202 Å². The molecule has 2 aromatic heterocycles. The van der Waals surface area contributed by atoms with Crippen molar-refractivity contribution in [3.8, 4) is 0 Å². The predicted molar refractivity (Wildman–Crippen MR) is 132 cm³/mol. The largest absolute Gasteiger partial charge is 0.450 e. The minimum Gasteiger partial charge on any atom is -0.450 e. The van der Waals surface area contributed by atoms with Gasteiger partial charge < -0.3 is 4.42 Å². The molecule has 1 atom stereocenters. The van der Waals surface area contributed by atoms with E-state index in [-0.39, 0.29) is 22.5 Å². The maximum Gasteiger partial charge on any atom is 0.297 e. The van der Waals surface area contributed by atoms with Crippen molar-refractivity contribution in [1.82, 2.24) is 4.98 Å². The molecule has 33 heavy (non-hydrogen) atoms. The van der Waals surface area contributed by atoms with Crippen molar-refractivity contribution in [2.24, 2.45) is 0 Å². The van der Waals surface area contributed by atoms with Crippen LogP contribution in [0.2, 0.25) is 0 Å². The van der Waals surface area contributed by atoms with Gasteiger partial charge in [0.25, 0.3) is 5.91 Å². The van der Waals surface area contributed by atoms with Gasteiger partial charge in [0.2, 0.25) is 5.76 Å². The lowest BCUT2D eigenvalue weighted by molar-refractivity contribution is 0.0969. The van der Waals surface area contributed by atoms with E-state index in [2.05, 4.69) is 20.9 Å². The fourth-order valence-corrected chi connectivity index (χ4v) is 5.64. The van der Waals surface area contributed by atoms with Crippen LogP contribution in [0.15, 0.2) is 50.1 Å². The van der Waals surface area contributed by atoms with Crippen molar-refractivity contribution >= 4 is 55.1 Å². The molecule has 1 unspecified atom stereocenters. The Kier molecular flexibility index (Phi) is 5.10. The van der Waals surface area contributed by atoms with E-state index in [4.69, 9.17) is 4.42 Å². The number of anilines is 1. The summed E-state index contributed by atoms with van der Waals surface area (Å²) in [7, 11) is 0. The van der Waals surface area contributed by atoms with Gasteiger partial charge in [-0.15, -0.1) is 0 Å². The van der Waals surface area contributed by atoms with Gasteiger partial charge in [0.1, 0.15) is 5.58 Å². The van der Waals surface area contributed by atoms with Crippen molar-refractivity contribution < 1.29 is 14.0 Å². The van der Waals surface area contributed by atoms with Crippen LogP contribution < -0.4 is 10.3 Å². The Balaban J connectivity index is 1.83. The molecule has 166 valence electrons. The van der Waals surface area contributed by atoms with Gasteiger partial charge in [0, 0.05) is 11.4 Å². The maximum atomic E-state index is 13.7. The lowest BCUT2D eigenvalue weighted by Crippen LogP contribution is -2.29. The molecule has 3 heterocycles. The number of ketones is 1. The number of hydrogen-bond donors (Lipinski definition) is 0. The molecule has 0 N–H and O–H groups in total. The van der Waals surface area contributed by atoms with Crippen LogP contribution in [0.5, 0.6) is 0 Å². The highest BCUT2D eigenvalue weighted by atomic mass is 79.9. The number of fused-ring (bicyclic) bond motifs is 2. The van der Waals surface area contributed by atoms with Gasteiger partial charge in [-0.3, -0.25) is 19.3 Å². The first kappa shape index (κ1) is 21.7. The minimum atomic E-state index is -0.724. The van der Waals surface area contributed by atoms with Gasteiger partial charge in [-0.25, -0.2) is 4.98 Å². The molecule has 0 saturated carbocycles. The first-order valence-electron chi connectivity index (χ1n) is 10.3. The molecular weight excluding hydrogens is 504 g/mol. The quantitative estimate of drug-likeness (QED) is 0.313. The molecule has 5 rings (SSSR count). The van der Waals surface area contributed by atoms with E-state index in [1.807, 2.05) is 44.2 Å². The molecule has 1 aliphatic heterocycles. The molecule has 0 aliphatic carbocycles. The molecule has 6 nitrogen and oxygen atoms in total. The average Bonchev–Trinajstić information content (AvgIpc) is 3.27. The summed E-state index contributed by atoms with van der Waals surface area (Å²) in [6.45, 7) is 7.08. The summed E-state index contributed by atoms with van der Waals surface area (Å²) in [5.74, 6) is -0.556. The van der Waals surface area contributed by atoms with Gasteiger partial charge in [-0.2, -0.15) is 0 Å². The molecule has 4 aromatic rings. The Hall–Kier alpha value is -3.10. The smallest absolute Gasteiger partial charge is 0.297 e. The Morgan fingerprint density at radius 1 is 1.12 bits per heavy atom. The van der Waals surface area contributed by atoms with Crippen molar-refractivity contribution in [3.05, 3.63) is 89.7 Å². The van der Waals surface area contributed by atoms with Crippen molar-refractivity contribution in [3.63, 3.8) is 0 Å². The summed E-state index contributed by atoms with van der Waals surface area (Å²) in [6, 6.07) is 10.3. The van der Waals surface area contributed by atoms with Crippen LogP contribution in [0.4, 0.5) is 5.13 Å². The number of thiazole rings is 1. The number of rotatable bonds is 3. The van der Waals surface area contributed by atoms with Gasteiger partial charge in [0.15, 0.2) is 16.3 Å². The van der Waals surface area contributed by atoms with Gasteiger partial charge in [0.05, 0.1) is 27.6 Å². The monoisotopic (exact) mass is 522 g/mol. The number of nitrogens with zero attached hydrogens (tertiary/aromatic N) is 2. The zero-order valence-electron chi connectivity index (χ0n) is 18.4. The Morgan fingerprint density at radius 3 is 2.52 bits per heavy atom. The number of benzene rings is 2. The van der Waals surface area contributed by atoms with E-state index >= 15 is 0 Å². The predicted octanol–water partition coefficient (Wildman–Crippen LogP) is 5.89. The molecule has 0 saturated heterocycles. The third-order valence-corrected chi connectivity index (χ3v) is 7.71. The zero-order valence-corrected chi connectivity index (χ0v) is 20.8. The fourth-order valence-electron chi connectivity index (χ4n) is 4.23. The highest BCUT2D eigenvalue weighted by Crippen LogP contribution is 2.43.